The van der Waals surface area contributed by atoms with Crippen LogP contribution in [-0.2, 0) is 11.3 Å². The van der Waals surface area contributed by atoms with Crippen LogP contribution in [-0.4, -0.2) is 43.4 Å². The first-order chi connectivity index (χ1) is 8.72. The number of aromatic nitrogens is 1. The number of nitrogens with one attached hydrogen (secondary N) is 1. The Labute approximate surface area is 108 Å². The van der Waals surface area contributed by atoms with Gasteiger partial charge in [0.05, 0.1) is 32.6 Å². The number of hydrogen-bond donors (Lipinski definition) is 1. The molecule has 1 aliphatic heterocycles. The number of morpholine rings is 1. The van der Waals surface area contributed by atoms with Crippen molar-refractivity contribution < 1.29 is 9.47 Å². The summed E-state index contributed by atoms with van der Waals surface area (Å²) in [5, 5.41) is 2.18. The zero-order valence-electron chi connectivity index (χ0n) is 11.3. The van der Waals surface area contributed by atoms with Crippen LogP contribution < -0.4 is 10.2 Å². The lowest BCUT2D eigenvalue weighted by Gasteiger charge is -2.27. The molecule has 2 rings (SSSR count). The second kappa shape index (κ2) is 6.13. The molecule has 0 bridgehead atoms. The first-order valence-electron chi connectivity index (χ1n) is 6.27. The molecule has 100 valence electrons. The molecule has 0 aromatic carbocycles. The number of hydrazine groups is 1. The van der Waals surface area contributed by atoms with E-state index in [1.54, 1.807) is 7.11 Å². The van der Waals surface area contributed by atoms with Gasteiger partial charge in [0.2, 0.25) is 0 Å². The molecule has 1 fully saturated rings. The number of pyridine rings is 1. The lowest BCUT2D eigenvalue weighted by molar-refractivity contribution is 0.0103. The Kier molecular flexibility index (Phi) is 4.52. The van der Waals surface area contributed by atoms with E-state index in [4.69, 9.17) is 9.47 Å². The summed E-state index contributed by atoms with van der Waals surface area (Å²) >= 11 is 0. The molecule has 0 spiro atoms. The second-order valence-electron chi connectivity index (χ2n) is 4.48. The van der Waals surface area contributed by atoms with Crippen molar-refractivity contribution in [1.29, 1.82) is 0 Å². The Morgan fingerprint density at radius 3 is 2.78 bits per heavy atom. The van der Waals surface area contributed by atoms with Gasteiger partial charge in [-0.05, 0) is 13.8 Å². The minimum Gasteiger partial charge on any atom is -0.496 e. The normalized spacial score (nSPS) is 16.8. The van der Waals surface area contributed by atoms with Gasteiger partial charge in [0.25, 0.3) is 0 Å². The number of nitrogens with zero attached hydrogens (tertiary/aromatic N) is 2. The third-order valence-corrected chi connectivity index (χ3v) is 3.23. The van der Waals surface area contributed by atoms with Gasteiger partial charge in [0, 0.05) is 30.4 Å². The Hall–Kier alpha value is -1.17. The van der Waals surface area contributed by atoms with Gasteiger partial charge < -0.3 is 9.47 Å². The molecule has 1 N–H and O–H groups in total. The molecule has 0 aliphatic carbocycles. The molecular weight excluding hydrogens is 230 g/mol. The highest BCUT2D eigenvalue weighted by molar-refractivity contribution is 5.40. The van der Waals surface area contributed by atoms with Crippen LogP contribution in [0.15, 0.2) is 6.20 Å². The van der Waals surface area contributed by atoms with Crippen molar-refractivity contribution in [3.8, 4) is 5.75 Å². The second-order valence-corrected chi connectivity index (χ2v) is 4.48. The fourth-order valence-electron chi connectivity index (χ4n) is 2.16. The standard InChI is InChI=1S/C13H21N3O2/c1-10-8-14-12(11(2)13(10)17-3)9-15-16-4-6-18-7-5-16/h8,15H,4-7,9H2,1-3H3. The Morgan fingerprint density at radius 1 is 1.39 bits per heavy atom. The van der Waals surface area contributed by atoms with E-state index in [0.717, 1.165) is 55.4 Å². The minimum atomic E-state index is 0.725. The van der Waals surface area contributed by atoms with Crippen molar-refractivity contribution in [2.75, 3.05) is 33.4 Å². The van der Waals surface area contributed by atoms with Gasteiger partial charge in [-0.2, -0.15) is 0 Å². The summed E-state index contributed by atoms with van der Waals surface area (Å²) in [7, 11) is 1.70. The van der Waals surface area contributed by atoms with Gasteiger partial charge in [-0.15, -0.1) is 0 Å². The summed E-state index contributed by atoms with van der Waals surface area (Å²) in [6.45, 7) is 8.20. The molecule has 2 heterocycles. The van der Waals surface area contributed by atoms with Crippen LogP contribution in [0.3, 0.4) is 0 Å². The van der Waals surface area contributed by atoms with Crippen molar-refractivity contribution in [2.45, 2.75) is 20.4 Å². The fraction of sp³-hybridized carbons (Fsp3) is 0.615. The average Bonchev–Trinajstić information content (AvgIpc) is 2.40. The number of aryl methyl sites for hydroxylation is 1. The van der Waals surface area contributed by atoms with Crippen LogP contribution in [0, 0.1) is 13.8 Å². The molecule has 0 saturated carbocycles. The van der Waals surface area contributed by atoms with Gasteiger partial charge in [-0.3, -0.25) is 4.98 Å². The summed E-state index contributed by atoms with van der Waals surface area (Å²) in [5.74, 6) is 0.934. The highest BCUT2D eigenvalue weighted by atomic mass is 16.5. The summed E-state index contributed by atoms with van der Waals surface area (Å²) in [5.41, 5.74) is 6.60. The molecule has 0 amide bonds. The predicted molar refractivity (Wildman–Crippen MR) is 69.5 cm³/mol. The van der Waals surface area contributed by atoms with E-state index in [0.29, 0.717) is 0 Å². The highest BCUT2D eigenvalue weighted by Crippen LogP contribution is 2.23. The van der Waals surface area contributed by atoms with E-state index in [1.807, 2.05) is 13.1 Å². The van der Waals surface area contributed by atoms with E-state index >= 15 is 0 Å². The largest absolute Gasteiger partial charge is 0.496 e. The van der Waals surface area contributed by atoms with Gasteiger partial charge in [0.15, 0.2) is 0 Å². The molecule has 0 radical (unpaired) electrons. The fourth-order valence-corrected chi connectivity index (χ4v) is 2.16. The van der Waals surface area contributed by atoms with Crippen LogP contribution in [0.4, 0.5) is 0 Å². The maximum absolute atomic E-state index is 5.41. The first kappa shape index (κ1) is 13.3. The Balaban J connectivity index is 2.00. The van der Waals surface area contributed by atoms with Crippen molar-refractivity contribution in [2.24, 2.45) is 0 Å². The molecule has 1 saturated heterocycles. The SMILES string of the molecule is COc1c(C)cnc(CNN2CCOCC2)c1C. The molecule has 5 nitrogen and oxygen atoms in total. The van der Waals surface area contributed by atoms with Crippen LogP contribution in [0.25, 0.3) is 0 Å². The van der Waals surface area contributed by atoms with Crippen molar-refractivity contribution in [1.82, 2.24) is 15.4 Å². The molecule has 1 aliphatic rings. The Bertz CT molecular complexity index is 403. The third-order valence-electron chi connectivity index (χ3n) is 3.23. The van der Waals surface area contributed by atoms with Crippen LogP contribution >= 0.6 is 0 Å². The average molecular weight is 251 g/mol. The van der Waals surface area contributed by atoms with Crippen LogP contribution in [0.5, 0.6) is 5.75 Å². The van der Waals surface area contributed by atoms with Crippen LogP contribution in [0.2, 0.25) is 0 Å². The Morgan fingerprint density at radius 2 is 2.11 bits per heavy atom. The van der Waals surface area contributed by atoms with Gasteiger partial charge >= 0.3 is 0 Å². The topological polar surface area (TPSA) is 46.6 Å². The van der Waals surface area contributed by atoms with E-state index in [-0.39, 0.29) is 0 Å². The van der Waals surface area contributed by atoms with E-state index < -0.39 is 0 Å². The first-order valence-corrected chi connectivity index (χ1v) is 6.27. The van der Waals surface area contributed by atoms with E-state index in [2.05, 4.69) is 22.3 Å². The minimum absolute atomic E-state index is 0.725. The molecule has 1 aromatic heterocycles. The summed E-state index contributed by atoms with van der Waals surface area (Å²) < 4.78 is 10.7. The zero-order valence-corrected chi connectivity index (χ0v) is 11.3. The van der Waals surface area contributed by atoms with Gasteiger partial charge in [-0.1, -0.05) is 0 Å². The number of methoxy groups -OCH3 is 1. The number of ether oxygens (including phenoxy) is 2. The lowest BCUT2D eigenvalue weighted by atomic mass is 10.1. The quantitative estimate of drug-likeness (QED) is 0.866. The monoisotopic (exact) mass is 251 g/mol. The van der Waals surface area contributed by atoms with Crippen molar-refractivity contribution >= 4 is 0 Å². The predicted octanol–water partition coefficient (Wildman–Crippen LogP) is 1.04. The van der Waals surface area contributed by atoms with E-state index in [1.165, 1.54) is 0 Å². The summed E-state index contributed by atoms with van der Waals surface area (Å²) in [6, 6.07) is 0. The highest BCUT2D eigenvalue weighted by Gasteiger charge is 2.12. The number of rotatable bonds is 4. The molecule has 1 aromatic rings. The molecule has 18 heavy (non-hydrogen) atoms. The lowest BCUT2D eigenvalue weighted by Crippen LogP contribution is -2.45. The molecule has 5 heteroatoms. The maximum atomic E-state index is 5.41. The van der Waals surface area contributed by atoms with E-state index in [9.17, 15) is 0 Å². The molecular formula is C13H21N3O2. The summed E-state index contributed by atoms with van der Waals surface area (Å²) in [4.78, 5) is 4.47. The zero-order chi connectivity index (χ0) is 13.0. The van der Waals surface area contributed by atoms with Crippen LogP contribution in [0.1, 0.15) is 16.8 Å². The van der Waals surface area contributed by atoms with Gasteiger partial charge in [0.1, 0.15) is 5.75 Å². The smallest absolute Gasteiger partial charge is 0.128 e. The molecule has 0 unspecified atom stereocenters. The van der Waals surface area contributed by atoms with Crippen molar-refractivity contribution in [3.05, 3.63) is 23.0 Å². The maximum Gasteiger partial charge on any atom is 0.128 e. The number of hydrogen-bond acceptors (Lipinski definition) is 5. The van der Waals surface area contributed by atoms with Crippen molar-refractivity contribution in [3.63, 3.8) is 0 Å². The summed E-state index contributed by atoms with van der Waals surface area (Å²) in [6.07, 6.45) is 1.86. The van der Waals surface area contributed by atoms with Gasteiger partial charge in [-0.25, -0.2) is 10.4 Å². The molecule has 0 atom stereocenters. The third kappa shape index (κ3) is 2.98.